The van der Waals surface area contributed by atoms with Gasteiger partial charge in [0.1, 0.15) is 5.56 Å². The van der Waals surface area contributed by atoms with Crippen LogP contribution in [0.4, 0.5) is 0 Å². The molecule has 2 heterocycles. The van der Waals surface area contributed by atoms with Crippen LogP contribution in [0.2, 0.25) is 5.02 Å². The highest BCUT2D eigenvalue weighted by Crippen LogP contribution is 2.25. The van der Waals surface area contributed by atoms with Crippen molar-refractivity contribution < 1.29 is 14.3 Å². The van der Waals surface area contributed by atoms with Gasteiger partial charge in [0.05, 0.1) is 23.7 Å². The second-order valence-corrected chi connectivity index (χ2v) is 5.86. The fourth-order valence-electron chi connectivity index (χ4n) is 2.66. The Morgan fingerprint density at radius 3 is 2.62 bits per heavy atom. The van der Waals surface area contributed by atoms with Crippen LogP contribution in [0.5, 0.6) is 0 Å². The molecule has 0 bridgehead atoms. The number of carbonyl (C=O) groups is 2. The third-order valence-electron chi connectivity index (χ3n) is 3.88. The van der Waals surface area contributed by atoms with Gasteiger partial charge in [0.25, 0.3) is 5.56 Å². The molecule has 0 aliphatic carbocycles. The lowest BCUT2D eigenvalue weighted by atomic mass is 10.1. The molecule has 2 aromatic heterocycles. The Morgan fingerprint density at radius 2 is 1.92 bits per heavy atom. The normalized spacial score (nSPS) is 10.7. The van der Waals surface area contributed by atoms with Gasteiger partial charge in [0.2, 0.25) is 0 Å². The number of Topliss-reactive ketones (excluding diaryl/α,β-unsaturated/α-hetero) is 1. The number of hydrogen-bond donors (Lipinski definition) is 0. The molecule has 7 heteroatoms. The second kappa shape index (κ2) is 7.49. The van der Waals surface area contributed by atoms with Gasteiger partial charge in [0, 0.05) is 23.3 Å². The van der Waals surface area contributed by atoms with Crippen LogP contribution in [0.25, 0.3) is 10.9 Å². The van der Waals surface area contributed by atoms with E-state index >= 15 is 0 Å². The highest BCUT2D eigenvalue weighted by atomic mass is 35.5. The van der Waals surface area contributed by atoms with Crippen molar-refractivity contribution in [1.29, 1.82) is 0 Å². The maximum absolute atomic E-state index is 12.9. The third-order valence-corrected chi connectivity index (χ3v) is 4.27. The van der Waals surface area contributed by atoms with E-state index in [1.165, 1.54) is 17.0 Å². The topological polar surface area (TPSA) is 78.3 Å². The van der Waals surface area contributed by atoms with Gasteiger partial charge in [-0.25, -0.2) is 4.79 Å². The molecule has 0 unspecified atom stereocenters. The molecular weight excluding hydrogens is 356 g/mol. The summed E-state index contributed by atoms with van der Waals surface area (Å²) in [6.07, 6.45) is 2.94. The van der Waals surface area contributed by atoms with E-state index in [0.717, 1.165) is 0 Å². The molecule has 1 aromatic carbocycles. The second-order valence-electron chi connectivity index (χ2n) is 5.48. The number of benzene rings is 1. The summed E-state index contributed by atoms with van der Waals surface area (Å²) < 4.78 is 6.17. The summed E-state index contributed by atoms with van der Waals surface area (Å²) in [6, 6.07) is 10.2. The van der Waals surface area contributed by atoms with Crippen LogP contribution in [0, 0.1) is 0 Å². The summed E-state index contributed by atoms with van der Waals surface area (Å²) in [5, 5.41) is 0.373. The van der Waals surface area contributed by atoms with Gasteiger partial charge in [0.15, 0.2) is 5.78 Å². The molecule has 26 heavy (non-hydrogen) atoms. The third kappa shape index (κ3) is 3.23. The van der Waals surface area contributed by atoms with Crippen molar-refractivity contribution in [2.75, 3.05) is 6.61 Å². The Bertz CT molecular complexity index is 1040. The van der Waals surface area contributed by atoms with Crippen molar-refractivity contribution in [2.45, 2.75) is 13.5 Å². The predicted molar refractivity (Wildman–Crippen MR) is 97.7 cm³/mol. The quantitative estimate of drug-likeness (QED) is 0.509. The van der Waals surface area contributed by atoms with Crippen molar-refractivity contribution in [3.05, 3.63) is 75.3 Å². The first-order chi connectivity index (χ1) is 12.5. The van der Waals surface area contributed by atoms with Gasteiger partial charge < -0.3 is 4.74 Å². The van der Waals surface area contributed by atoms with Crippen molar-refractivity contribution in [1.82, 2.24) is 9.55 Å². The zero-order valence-electron chi connectivity index (χ0n) is 13.9. The summed E-state index contributed by atoms with van der Waals surface area (Å²) in [5.74, 6) is -1.09. The van der Waals surface area contributed by atoms with E-state index in [1.54, 1.807) is 43.3 Å². The fourth-order valence-corrected chi connectivity index (χ4v) is 2.96. The number of fused-ring (bicyclic) bond motifs is 1. The number of pyridine rings is 2. The summed E-state index contributed by atoms with van der Waals surface area (Å²) in [6.45, 7) is 1.50. The molecule has 3 rings (SSSR count). The minimum atomic E-state index is -0.825. The monoisotopic (exact) mass is 370 g/mol. The lowest BCUT2D eigenvalue weighted by molar-refractivity contribution is 0.0523. The molecule has 132 valence electrons. The summed E-state index contributed by atoms with van der Waals surface area (Å²) in [4.78, 5) is 41.7. The van der Waals surface area contributed by atoms with Crippen molar-refractivity contribution in [2.24, 2.45) is 0 Å². The first-order valence-electron chi connectivity index (χ1n) is 7.96. The number of ether oxygens (including phenoxy) is 1. The molecule has 6 nitrogen and oxygen atoms in total. The fraction of sp³-hybridized carbons (Fsp3) is 0.158. The number of carbonyl (C=O) groups excluding carboxylic acids is 2. The molecule has 0 saturated heterocycles. The van der Waals surface area contributed by atoms with E-state index in [0.29, 0.717) is 16.5 Å². The van der Waals surface area contributed by atoms with Crippen LogP contribution in [-0.4, -0.2) is 27.9 Å². The van der Waals surface area contributed by atoms with Crippen LogP contribution < -0.4 is 5.56 Å². The SMILES string of the molecule is CCOC(=O)c1c(Cl)c2cnccc2n(CC(=O)c2ccccc2)c1=O. The van der Waals surface area contributed by atoms with Gasteiger partial charge in [-0.1, -0.05) is 41.9 Å². The van der Waals surface area contributed by atoms with Crippen LogP contribution in [0.3, 0.4) is 0 Å². The average molecular weight is 371 g/mol. The highest BCUT2D eigenvalue weighted by Gasteiger charge is 2.23. The summed E-state index contributed by atoms with van der Waals surface area (Å²) >= 11 is 6.26. The largest absolute Gasteiger partial charge is 0.462 e. The first kappa shape index (κ1) is 17.8. The molecule has 3 aromatic rings. The number of nitrogens with zero attached hydrogens (tertiary/aromatic N) is 2. The summed E-state index contributed by atoms with van der Waals surface area (Å²) in [5.41, 5.74) is -0.0760. The molecular formula is C19H15ClN2O4. The van der Waals surface area contributed by atoms with E-state index in [-0.39, 0.29) is 29.5 Å². The van der Waals surface area contributed by atoms with Crippen LogP contribution >= 0.6 is 11.6 Å². The lowest BCUT2D eigenvalue weighted by Crippen LogP contribution is -2.30. The Kier molecular flexibility index (Phi) is 5.14. The Labute approximate surface area is 154 Å². The van der Waals surface area contributed by atoms with Gasteiger partial charge in [-0.05, 0) is 13.0 Å². The molecule has 0 saturated carbocycles. The molecule has 0 atom stereocenters. The molecule has 0 N–H and O–H groups in total. The van der Waals surface area contributed by atoms with Crippen molar-refractivity contribution >= 4 is 34.3 Å². The molecule has 0 aliphatic heterocycles. The van der Waals surface area contributed by atoms with E-state index in [2.05, 4.69) is 4.98 Å². The average Bonchev–Trinajstić information content (AvgIpc) is 2.66. The van der Waals surface area contributed by atoms with Gasteiger partial charge in [-0.15, -0.1) is 0 Å². The van der Waals surface area contributed by atoms with E-state index < -0.39 is 11.5 Å². The molecule has 0 fully saturated rings. The predicted octanol–water partition coefficient (Wildman–Crippen LogP) is 3.11. The highest BCUT2D eigenvalue weighted by molar-refractivity contribution is 6.38. The molecule has 0 spiro atoms. The Morgan fingerprint density at radius 1 is 1.19 bits per heavy atom. The number of ketones is 1. The van der Waals surface area contributed by atoms with E-state index in [1.807, 2.05) is 0 Å². The minimum absolute atomic E-state index is 0.0278. The number of esters is 1. The lowest BCUT2D eigenvalue weighted by Gasteiger charge is -2.13. The van der Waals surface area contributed by atoms with E-state index in [9.17, 15) is 14.4 Å². The van der Waals surface area contributed by atoms with Gasteiger partial charge >= 0.3 is 5.97 Å². The van der Waals surface area contributed by atoms with Crippen LogP contribution in [-0.2, 0) is 11.3 Å². The smallest absolute Gasteiger partial charge is 0.345 e. The number of halogens is 1. The number of rotatable bonds is 5. The summed E-state index contributed by atoms with van der Waals surface area (Å²) in [7, 11) is 0. The minimum Gasteiger partial charge on any atom is -0.462 e. The zero-order chi connectivity index (χ0) is 18.7. The van der Waals surface area contributed by atoms with Gasteiger partial charge in [-0.2, -0.15) is 0 Å². The van der Waals surface area contributed by atoms with Crippen LogP contribution in [0.1, 0.15) is 27.6 Å². The molecule has 0 amide bonds. The Balaban J connectivity index is 2.19. The number of aromatic nitrogens is 2. The zero-order valence-corrected chi connectivity index (χ0v) is 14.7. The number of hydrogen-bond acceptors (Lipinski definition) is 5. The van der Waals surface area contributed by atoms with E-state index in [4.69, 9.17) is 16.3 Å². The molecule has 0 radical (unpaired) electrons. The maximum atomic E-state index is 12.9. The maximum Gasteiger partial charge on any atom is 0.345 e. The van der Waals surface area contributed by atoms with Crippen LogP contribution in [0.15, 0.2) is 53.6 Å². The Hall–Kier alpha value is -2.99. The molecule has 0 aliphatic rings. The first-order valence-corrected chi connectivity index (χ1v) is 8.33. The van der Waals surface area contributed by atoms with Gasteiger partial charge in [-0.3, -0.25) is 19.1 Å². The van der Waals surface area contributed by atoms with Crippen molar-refractivity contribution in [3.63, 3.8) is 0 Å². The standard InChI is InChI=1S/C19H15ClN2O4/c1-2-26-19(25)16-17(20)13-10-21-9-8-14(13)22(18(16)24)11-15(23)12-6-4-3-5-7-12/h3-10H,2,11H2,1H3. The van der Waals surface area contributed by atoms with Crippen molar-refractivity contribution in [3.8, 4) is 0 Å².